The van der Waals surface area contributed by atoms with Gasteiger partial charge in [0.25, 0.3) is 0 Å². The molecule has 0 unspecified atom stereocenters. The molecule has 0 N–H and O–H groups in total. The number of thiophene rings is 1. The fraction of sp³-hybridized carbons (Fsp3) is 0.190. The van der Waals surface area contributed by atoms with Crippen molar-refractivity contribution in [2.75, 3.05) is 13.7 Å². The molecule has 26 heavy (non-hydrogen) atoms. The van der Waals surface area contributed by atoms with E-state index in [1.807, 2.05) is 30.5 Å². The maximum absolute atomic E-state index is 13.1. The highest BCUT2D eigenvalue weighted by molar-refractivity contribution is 7.17. The third-order valence-electron chi connectivity index (χ3n) is 4.23. The van der Waals surface area contributed by atoms with Gasteiger partial charge in [0.2, 0.25) is 11.2 Å². The minimum Gasteiger partial charge on any atom is -0.497 e. The SMILES string of the molecule is CCCOc1c(-c2csc3ccccc23)oc2ccc(OC)cc2c1=O. The van der Waals surface area contributed by atoms with E-state index in [0.717, 1.165) is 22.1 Å². The number of rotatable bonds is 5. The summed E-state index contributed by atoms with van der Waals surface area (Å²) in [5, 5.41) is 3.52. The van der Waals surface area contributed by atoms with Crippen LogP contribution in [0.2, 0.25) is 0 Å². The highest BCUT2D eigenvalue weighted by Gasteiger charge is 2.20. The zero-order valence-corrected chi connectivity index (χ0v) is 15.4. The van der Waals surface area contributed by atoms with E-state index in [2.05, 4.69) is 6.07 Å². The molecule has 0 radical (unpaired) electrons. The fourth-order valence-electron chi connectivity index (χ4n) is 2.95. The van der Waals surface area contributed by atoms with Crippen molar-refractivity contribution < 1.29 is 13.9 Å². The molecule has 4 nitrogen and oxygen atoms in total. The molecular formula is C21H18O4S. The monoisotopic (exact) mass is 366 g/mol. The highest BCUT2D eigenvalue weighted by atomic mass is 32.1. The van der Waals surface area contributed by atoms with Gasteiger partial charge in [0.15, 0.2) is 5.76 Å². The molecule has 5 heteroatoms. The van der Waals surface area contributed by atoms with Crippen LogP contribution in [0.4, 0.5) is 0 Å². The first-order valence-corrected chi connectivity index (χ1v) is 9.35. The smallest absolute Gasteiger partial charge is 0.235 e. The van der Waals surface area contributed by atoms with Gasteiger partial charge in [0.1, 0.15) is 11.3 Å². The van der Waals surface area contributed by atoms with E-state index < -0.39 is 0 Å². The van der Waals surface area contributed by atoms with Crippen molar-refractivity contribution >= 4 is 32.4 Å². The van der Waals surface area contributed by atoms with Crippen LogP contribution in [0.25, 0.3) is 32.4 Å². The van der Waals surface area contributed by atoms with Crippen LogP contribution in [-0.2, 0) is 0 Å². The van der Waals surface area contributed by atoms with Gasteiger partial charge in [0.05, 0.1) is 19.1 Å². The molecule has 0 aliphatic rings. The van der Waals surface area contributed by atoms with Gasteiger partial charge < -0.3 is 13.9 Å². The minimum absolute atomic E-state index is 0.177. The summed E-state index contributed by atoms with van der Waals surface area (Å²) in [6.45, 7) is 2.46. The molecular weight excluding hydrogens is 348 g/mol. The normalized spacial score (nSPS) is 11.2. The standard InChI is InChI=1S/C21H18O4S/c1-3-10-24-21-19(22)15-11-13(23-2)8-9-17(15)25-20(21)16-12-26-18-7-5-4-6-14(16)18/h4-9,11-12H,3,10H2,1-2H3. The van der Waals surface area contributed by atoms with Crippen LogP contribution in [0.5, 0.6) is 11.5 Å². The summed E-state index contributed by atoms with van der Waals surface area (Å²) < 4.78 is 18.4. The Morgan fingerprint density at radius 1 is 1.12 bits per heavy atom. The summed E-state index contributed by atoms with van der Waals surface area (Å²) in [4.78, 5) is 13.1. The average Bonchev–Trinajstić information content (AvgIpc) is 3.11. The summed E-state index contributed by atoms with van der Waals surface area (Å²) in [7, 11) is 1.57. The maximum atomic E-state index is 13.1. The molecule has 132 valence electrons. The van der Waals surface area contributed by atoms with Crippen molar-refractivity contribution in [1.29, 1.82) is 0 Å². The fourth-order valence-corrected chi connectivity index (χ4v) is 3.89. The Labute approximate surface area is 154 Å². The summed E-state index contributed by atoms with van der Waals surface area (Å²) in [5.74, 6) is 1.36. The number of benzene rings is 2. The molecule has 0 bridgehead atoms. The van der Waals surface area contributed by atoms with Crippen LogP contribution in [-0.4, -0.2) is 13.7 Å². The molecule has 0 saturated carbocycles. The Kier molecular flexibility index (Phi) is 4.39. The van der Waals surface area contributed by atoms with Crippen molar-refractivity contribution in [3.63, 3.8) is 0 Å². The van der Waals surface area contributed by atoms with E-state index in [9.17, 15) is 4.79 Å². The number of fused-ring (bicyclic) bond motifs is 2. The lowest BCUT2D eigenvalue weighted by atomic mass is 10.1. The van der Waals surface area contributed by atoms with E-state index in [1.165, 1.54) is 0 Å². The molecule has 0 amide bonds. The highest BCUT2D eigenvalue weighted by Crippen LogP contribution is 2.39. The number of methoxy groups -OCH3 is 1. The first kappa shape index (κ1) is 16.7. The van der Waals surface area contributed by atoms with Crippen molar-refractivity contribution in [3.05, 3.63) is 58.1 Å². The molecule has 0 fully saturated rings. The first-order valence-electron chi connectivity index (χ1n) is 8.47. The molecule has 0 spiro atoms. The van der Waals surface area contributed by atoms with E-state index in [1.54, 1.807) is 36.6 Å². The zero-order valence-electron chi connectivity index (χ0n) is 14.6. The van der Waals surface area contributed by atoms with Gasteiger partial charge in [-0.25, -0.2) is 0 Å². The largest absolute Gasteiger partial charge is 0.497 e. The second kappa shape index (κ2) is 6.84. The van der Waals surface area contributed by atoms with E-state index >= 15 is 0 Å². The summed E-state index contributed by atoms with van der Waals surface area (Å²) >= 11 is 1.62. The first-order chi connectivity index (χ1) is 12.7. The lowest BCUT2D eigenvalue weighted by Gasteiger charge is -2.11. The van der Waals surface area contributed by atoms with Crippen molar-refractivity contribution in [3.8, 4) is 22.8 Å². The predicted octanol–water partition coefficient (Wildman–Crippen LogP) is 5.47. The molecule has 4 rings (SSSR count). The summed E-state index contributed by atoms with van der Waals surface area (Å²) in [6, 6.07) is 13.3. The van der Waals surface area contributed by atoms with E-state index in [-0.39, 0.29) is 11.2 Å². The Balaban J connectivity index is 2.02. The third-order valence-corrected chi connectivity index (χ3v) is 5.20. The molecule has 0 saturated heterocycles. The Morgan fingerprint density at radius 3 is 2.77 bits per heavy atom. The minimum atomic E-state index is -0.177. The molecule has 0 aliphatic heterocycles. The van der Waals surface area contributed by atoms with Crippen LogP contribution in [0, 0.1) is 0 Å². The maximum Gasteiger partial charge on any atom is 0.235 e. The second-order valence-corrected chi connectivity index (χ2v) is 6.86. The van der Waals surface area contributed by atoms with Crippen LogP contribution in [0.1, 0.15) is 13.3 Å². The topological polar surface area (TPSA) is 48.7 Å². The van der Waals surface area contributed by atoms with Crippen molar-refractivity contribution in [1.82, 2.24) is 0 Å². The van der Waals surface area contributed by atoms with Crippen LogP contribution in [0.15, 0.2) is 57.1 Å². The summed E-state index contributed by atoms with van der Waals surface area (Å²) in [6.07, 6.45) is 0.805. The van der Waals surface area contributed by atoms with E-state index in [0.29, 0.717) is 29.1 Å². The van der Waals surface area contributed by atoms with Crippen LogP contribution < -0.4 is 14.9 Å². The molecule has 0 aliphatic carbocycles. The van der Waals surface area contributed by atoms with Gasteiger partial charge >= 0.3 is 0 Å². The van der Waals surface area contributed by atoms with Gasteiger partial charge in [-0.05, 0) is 30.7 Å². The van der Waals surface area contributed by atoms with Crippen molar-refractivity contribution in [2.24, 2.45) is 0 Å². The van der Waals surface area contributed by atoms with Crippen LogP contribution in [0.3, 0.4) is 0 Å². The van der Waals surface area contributed by atoms with Gasteiger partial charge in [0, 0.05) is 21.0 Å². The molecule has 2 aromatic carbocycles. The Hall–Kier alpha value is -2.79. The molecule has 4 aromatic rings. The van der Waals surface area contributed by atoms with Gasteiger partial charge in [-0.3, -0.25) is 4.79 Å². The molecule has 2 heterocycles. The second-order valence-electron chi connectivity index (χ2n) is 5.95. The number of hydrogen-bond donors (Lipinski definition) is 0. The average molecular weight is 366 g/mol. The van der Waals surface area contributed by atoms with Gasteiger partial charge in [-0.2, -0.15) is 0 Å². The molecule has 2 aromatic heterocycles. The molecule has 0 atom stereocenters. The lowest BCUT2D eigenvalue weighted by molar-refractivity contribution is 0.309. The summed E-state index contributed by atoms with van der Waals surface area (Å²) in [5.41, 5.74) is 1.22. The van der Waals surface area contributed by atoms with Gasteiger partial charge in [-0.15, -0.1) is 11.3 Å². The predicted molar refractivity (Wildman–Crippen MR) is 106 cm³/mol. The Bertz CT molecular complexity index is 1140. The van der Waals surface area contributed by atoms with Crippen LogP contribution >= 0.6 is 11.3 Å². The lowest BCUT2D eigenvalue weighted by Crippen LogP contribution is -2.10. The Morgan fingerprint density at radius 2 is 1.96 bits per heavy atom. The number of hydrogen-bond acceptors (Lipinski definition) is 5. The van der Waals surface area contributed by atoms with E-state index in [4.69, 9.17) is 13.9 Å². The zero-order chi connectivity index (χ0) is 18.1. The van der Waals surface area contributed by atoms with Gasteiger partial charge in [-0.1, -0.05) is 25.1 Å². The quantitative estimate of drug-likeness (QED) is 0.470. The third kappa shape index (κ3) is 2.74. The van der Waals surface area contributed by atoms with Crippen molar-refractivity contribution in [2.45, 2.75) is 13.3 Å². The number of ether oxygens (including phenoxy) is 2.